The fraction of sp³-hybridized carbons (Fsp3) is 0.333. The van der Waals surface area contributed by atoms with E-state index in [0.29, 0.717) is 0 Å². The van der Waals surface area contributed by atoms with E-state index in [-0.39, 0.29) is 113 Å². The SMILES string of the molecule is CC(=O)[O-].CC(=O)[O-].O=C([O-])[O-].O=C([O-])[O-].[Ca+2].[Pb+2].[Pb+2].[Pd]. The third-order valence-electron chi connectivity index (χ3n) is 0. The zero-order chi connectivity index (χ0) is 14.3. The van der Waals surface area contributed by atoms with Crippen molar-refractivity contribution in [1.29, 1.82) is 0 Å². The molecule has 0 heterocycles. The summed E-state index contributed by atoms with van der Waals surface area (Å²) in [7, 11) is 0. The molecule has 0 unspecified atom stereocenters. The molecule has 20 heavy (non-hydrogen) atoms. The molecule has 110 valence electrons. The average Bonchev–Trinajstić information content (AvgIpc) is 1.76. The van der Waals surface area contributed by atoms with E-state index in [4.69, 9.17) is 49.8 Å². The molecule has 4 radical (unpaired) electrons. The Kier molecular flexibility index (Phi) is 106. The van der Waals surface area contributed by atoms with Crippen molar-refractivity contribution < 1.29 is 70.2 Å². The zero-order valence-corrected chi connectivity index (χ0v) is 21.6. The van der Waals surface area contributed by atoms with E-state index in [0.717, 1.165) is 13.8 Å². The smallest absolute Gasteiger partial charge is 0.652 e. The molecule has 0 bridgehead atoms. The maximum atomic E-state index is 8.89. The Morgan fingerprint density at radius 1 is 0.600 bits per heavy atom. The van der Waals surface area contributed by atoms with Gasteiger partial charge in [-0.15, -0.1) is 0 Å². The molecule has 0 spiro atoms. The van der Waals surface area contributed by atoms with Crippen molar-refractivity contribution in [2.24, 2.45) is 0 Å². The van der Waals surface area contributed by atoms with Crippen molar-refractivity contribution in [3.05, 3.63) is 0 Å². The van der Waals surface area contributed by atoms with Crippen LogP contribution >= 0.6 is 0 Å². The fourth-order valence-electron chi connectivity index (χ4n) is 0. The van der Waals surface area contributed by atoms with E-state index >= 15 is 0 Å². The largest absolute Gasteiger partial charge is 2.00 e. The first-order valence-corrected chi connectivity index (χ1v) is 3.04. The Morgan fingerprint density at radius 3 is 0.600 bits per heavy atom. The van der Waals surface area contributed by atoms with Crippen LogP contribution < -0.4 is 30.6 Å². The fourth-order valence-corrected chi connectivity index (χ4v) is 0. The number of aliphatic carboxylic acids is 2. The third-order valence-corrected chi connectivity index (χ3v) is 0. The van der Waals surface area contributed by atoms with E-state index in [1.165, 1.54) is 0 Å². The second-order valence-electron chi connectivity index (χ2n) is 1.48. The molecule has 0 aliphatic heterocycles. The van der Waals surface area contributed by atoms with Crippen molar-refractivity contribution in [1.82, 2.24) is 0 Å². The minimum absolute atomic E-state index is 0. The molecular weight excluding hydrogens is 793 g/mol. The number of carboxylic acid groups (broad SMARTS) is 6. The van der Waals surface area contributed by atoms with Crippen molar-refractivity contribution in [2.75, 3.05) is 0 Å². The summed E-state index contributed by atoms with van der Waals surface area (Å²) in [6, 6.07) is 0. The first-order chi connectivity index (χ1) is 6.93. The van der Waals surface area contributed by atoms with Crippen LogP contribution in [0, 0.1) is 0 Å². The summed E-state index contributed by atoms with van der Waals surface area (Å²) < 4.78 is 0. The summed E-state index contributed by atoms with van der Waals surface area (Å²) in [4.78, 5) is 34.4. The van der Waals surface area contributed by atoms with Crippen LogP contribution in [0.3, 0.4) is 0 Å². The van der Waals surface area contributed by atoms with Gasteiger partial charge in [0.25, 0.3) is 0 Å². The van der Waals surface area contributed by atoms with Crippen molar-refractivity contribution in [3.63, 3.8) is 0 Å². The topological polar surface area (TPSA) is 207 Å². The Bertz CT molecular complexity index is 176. The van der Waals surface area contributed by atoms with Gasteiger partial charge in [-0.25, -0.2) is 0 Å². The molecule has 0 atom stereocenters. The normalized spacial score (nSPS) is 4.90. The predicted octanol–water partition coefficient (Wildman–Crippen LogP) is -8.53. The quantitative estimate of drug-likeness (QED) is 0.212. The number of hydrogen-bond donors (Lipinski definition) is 0. The minimum Gasteiger partial charge on any atom is -0.652 e. The molecule has 0 aliphatic rings. The Balaban J connectivity index is -0.0000000150. The molecule has 14 heteroatoms. The predicted molar refractivity (Wildman–Crippen MR) is 49.4 cm³/mol. The van der Waals surface area contributed by atoms with E-state index in [9.17, 15) is 0 Å². The van der Waals surface area contributed by atoms with Gasteiger partial charge in [0.2, 0.25) is 0 Å². The van der Waals surface area contributed by atoms with Crippen LogP contribution in [0.2, 0.25) is 0 Å². The van der Waals surface area contributed by atoms with E-state index in [2.05, 4.69) is 0 Å². The summed E-state index contributed by atoms with van der Waals surface area (Å²) >= 11 is 0. The van der Waals surface area contributed by atoms with Crippen LogP contribution in [-0.2, 0) is 30.0 Å². The average molecular weight is 799 g/mol. The van der Waals surface area contributed by atoms with Crippen LogP contribution in [0.1, 0.15) is 13.8 Å². The molecule has 0 aliphatic carbocycles. The van der Waals surface area contributed by atoms with Gasteiger partial charge in [0.05, 0.1) is 0 Å². The van der Waals surface area contributed by atoms with E-state index in [1.807, 2.05) is 0 Å². The van der Waals surface area contributed by atoms with Crippen molar-refractivity contribution >= 4 is 117 Å². The number of carbonyl (C=O) groups excluding carboxylic acids is 4. The molecule has 0 rings (SSSR count). The van der Waals surface area contributed by atoms with Crippen LogP contribution in [0.4, 0.5) is 9.59 Å². The summed E-state index contributed by atoms with van der Waals surface area (Å²) in [6.45, 7) is 1.94. The Labute approximate surface area is 197 Å². The summed E-state index contributed by atoms with van der Waals surface area (Å²) in [6.07, 6.45) is -4.67. The van der Waals surface area contributed by atoms with Gasteiger partial charge >= 0.3 is 92.3 Å². The Morgan fingerprint density at radius 2 is 0.600 bits per heavy atom. The second kappa shape index (κ2) is 42.7. The van der Waals surface area contributed by atoms with Gasteiger partial charge in [-0.3, -0.25) is 0 Å². The van der Waals surface area contributed by atoms with Gasteiger partial charge in [0, 0.05) is 32.4 Å². The minimum atomic E-state index is -2.33. The summed E-state index contributed by atoms with van der Waals surface area (Å²) in [5.74, 6) is -2.17. The van der Waals surface area contributed by atoms with Gasteiger partial charge in [-0.1, -0.05) is 0 Å². The van der Waals surface area contributed by atoms with Crippen LogP contribution in [-0.4, -0.2) is 117 Å². The third kappa shape index (κ3) is 4130. The summed E-state index contributed by atoms with van der Waals surface area (Å²) in [5.41, 5.74) is 0. The van der Waals surface area contributed by atoms with Crippen molar-refractivity contribution in [2.45, 2.75) is 13.8 Å². The van der Waals surface area contributed by atoms with Gasteiger partial charge in [-0.05, 0) is 26.2 Å². The van der Waals surface area contributed by atoms with Crippen molar-refractivity contribution in [3.8, 4) is 0 Å². The summed E-state index contributed by atoms with van der Waals surface area (Å²) in [5, 5.41) is 51.1. The molecule has 0 amide bonds. The standard InChI is InChI=1S/2C2H4O2.2CH2O3.Ca.2Pb.Pd/c2*1-2(3)4;2*2-1(3)4;;;;/h2*1H3,(H,3,4);2*(H2,2,3,4);;;;/q;;;;3*+2;/p-6. The van der Waals surface area contributed by atoms with E-state index < -0.39 is 24.2 Å². The van der Waals surface area contributed by atoms with Gasteiger partial charge in [-0.2, -0.15) is 0 Å². The molecule has 0 fully saturated rings. The first kappa shape index (κ1) is 49.6. The second-order valence-corrected chi connectivity index (χ2v) is 1.48. The molecular formula is C6H6CaO10Pb2Pd. The number of rotatable bonds is 0. The maximum absolute atomic E-state index is 8.89. The molecule has 0 N–H and O–H groups in total. The maximum Gasteiger partial charge on any atom is 2.00 e. The van der Waals surface area contributed by atoms with Crippen LogP contribution in [0.25, 0.3) is 0 Å². The first-order valence-electron chi connectivity index (χ1n) is 3.04. The van der Waals surface area contributed by atoms with Crippen LogP contribution in [0.5, 0.6) is 0 Å². The van der Waals surface area contributed by atoms with Gasteiger partial charge < -0.3 is 49.8 Å². The van der Waals surface area contributed by atoms with E-state index in [1.54, 1.807) is 0 Å². The monoisotopic (exact) mass is 800 g/mol. The Hall–Kier alpha value is 1.25. The number of carbonyl (C=O) groups is 4. The van der Waals surface area contributed by atoms with Crippen LogP contribution in [0.15, 0.2) is 0 Å². The number of carboxylic acids is 2. The van der Waals surface area contributed by atoms with Gasteiger partial charge in [0.1, 0.15) is 0 Å². The molecule has 0 saturated heterocycles. The molecule has 0 saturated carbocycles. The zero-order valence-electron chi connectivity index (χ0n) is 10.1. The molecule has 0 aromatic rings. The van der Waals surface area contributed by atoms with Gasteiger partial charge in [0.15, 0.2) is 0 Å². The molecule has 0 aromatic heterocycles. The molecule has 0 aromatic carbocycles. The molecule has 10 nitrogen and oxygen atoms in total. The number of hydrogen-bond acceptors (Lipinski definition) is 10.